The quantitative estimate of drug-likeness (QED) is 0.702. The van der Waals surface area contributed by atoms with E-state index in [1.165, 1.54) is 30.4 Å². The van der Waals surface area contributed by atoms with Gasteiger partial charge in [-0.15, -0.1) is 0 Å². The number of carbonyl (C=O) groups excluding carboxylic acids is 1. The summed E-state index contributed by atoms with van der Waals surface area (Å²) in [4.78, 5) is 11.4. The summed E-state index contributed by atoms with van der Waals surface area (Å²) in [5.41, 5.74) is 3.54. The number of likely N-dealkylation sites (N-methyl/N-ethyl adjacent to an activating group) is 1. The molecule has 3 nitrogen and oxygen atoms in total. The molecule has 1 aliphatic heterocycles. The minimum atomic E-state index is 0.0794. The molecule has 0 aliphatic carbocycles. The Morgan fingerprint density at radius 2 is 2.19 bits per heavy atom. The molecule has 0 saturated heterocycles. The van der Waals surface area contributed by atoms with Crippen molar-refractivity contribution >= 4 is 5.91 Å². The van der Waals surface area contributed by atoms with Gasteiger partial charge in [0.25, 0.3) is 0 Å². The molecule has 1 rings (SSSR count). The monoisotopic (exact) mass is 222 g/mol. The number of unbranched alkanes of at least 4 members (excludes halogenated alkanes) is 2. The summed E-state index contributed by atoms with van der Waals surface area (Å²) in [6.07, 6.45) is 7.03. The van der Waals surface area contributed by atoms with Crippen LogP contribution in [0.15, 0.2) is 23.0 Å². The Labute approximate surface area is 98.0 Å². The van der Waals surface area contributed by atoms with Gasteiger partial charge < -0.3 is 10.6 Å². The van der Waals surface area contributed by atoms with Crippen LogP contribution in [-0.4, -0.2) is 13.0 Å². The first kappa shape index (κ1) is 12.8. The summed E-state index contributed by atoms with van der Waals surface area (Å²) in [6.45, 7) is 4.26. The molecule has 0 aromatic heterocycles. The number of rotatable bonds is 5. The molecule has 1 heterocycles. The third-order valence-corrected chi connectivity index (χ3v) is 2.94. The van der Waals surface area contributed by atoms with Crippen LogP contribution in [-0.2, 0) is 4.79 Å². The first-order valence-electron chi connectivity index (χ1n) is 6.05. The fourth-order valence-corrected chi connectivity index (χ4v) is 1.99. The minimum absolute atomic E-state index is 0.0794. The summed E-state index contributed by atoms with van der Waals surface area (Å²) in [7, 11) is 1.90. The van der Waals surface area contributed by atoms with Crippen LogP contribution in [0.1, 0.15) is 46.0 Å². The fourth-order valence-electron chi connectivity index (χ4n) is 1.99. The number of hydrogen-bond donors (Lipinski definition) is 2. The van der Waals surface area contributed by atoms with Crippen molar-refractivity contribution in [2.24, 2.45) is 0 Å². The Morgan fingerprint density at radius 1 is 1.44 bits per heavy atom. The molecule has 0 fully saturated rings. The second-order valence-electron chi connectivity index (χ2n) is 4.27. The van der Waals surface area contributed by atoms with Crippen molar-refractivity contribution in [1.82, 2.24) is 10.6 Å². The highest BCUT2D eigenvalue weighted by Gasteiger charge is 2.14. The van der Waals surface area contributed by atoms with Crippen molar-refractivity contribution in [2.75, 3.05) is 7.05 Å². The van der Waals surface area contributed by atoms with Gasteiger partial charge in [0.2, 0.25) is 5.91 Å². The molecule has 0 unspecified atom stereocenters. The number of amides is 1. The topological polar surface area (TPSA) is 41.1 Å². The van der Waals surface area contributed by atoms with Gasteiger partial charge in [-0.2, -0.15) is 0 Å². The van der Waals surface area contributed by atoms with E-state index in [9.17, 15) is 4.79 Å². The Morgan fingerprint density at radius 3 is 2.81 bits per heavy atom. The molecule has 1 amide bonds. The lowest BCUT2D eigenvalue weighted by Crippen LogP contribution is -2.17. The van der Waals surface area contributed by atoms with Crippen LogP contribution in [0, 0.1) is 0 Å². The van der Waals surface area contributed by atoms with Gasteiger partial charge in [-0.05, 0) is 25.3 Å². The molecule has 0 radical (unpaired) electrons. The van der Waals surface area contributed by atoms with Gasteiger partial charge in [-0.3, -0.25) is 4.79 Å². The highest BCUT2D eigenvalue weighted by atomic mass is 16.1. The van der Waals surface area contributed by atoms with E-state index in [0.29, 0.717) is 6.42 Å². The van der Waals surface area contributed by atoms with Gasteiger partial charge in [0.1, 0.15) is 0 Å². The van der Waals surface area contributed by atoms with Crippen molar-refractivity contribution in [3.63, 3.8) is 0 Å². The van der Waals surface area contributed by atoms with E-state index in [-0.39, 0.29) is 5.91 Å². The second kappa shape index (κ2) is 6.36. The maximum absolute atomic E-state index is 11.4. The van der Waals surface area contributed by atoms with Crippen molar-refractivity contribution in [1.29, 1.82) is 0 Å². The lowest BCUT2D eigenvalue weighted by molar-refractivity contribution is -0.119. The molecule has 2 N–H and O–H groups in total. The third kappa shape index (κ3) is 3.40. The van der Waals surface area contributed by atoms with E-state index in [0.717, 1.165) is 12.1 Å². The molecule has 3 heteroatoms. The van der Waals surface area contributed by atoms with Crippen LogP contribution in [0.25, 0.3) is 0 Å². The SMILES string of the molecule is CCCCCC1=C(C)CC(=O)NC=C1NC. The molecule has 0 spiro atoms. The first-order chi connectivity index (χ1) is 7.69. The lowest BCUT2D eigenvalue weighted by atomic mass is 9.98. The van der Waals surface area contributed by atoms with Gasteiger partial charge in [0, 0.05) is 19.7 Å². The van der Waals surface area contributed by atoms with Crippen molar-refractivity contribution < 1.29 is 4.79 Å². The van der Waals surface area contributed by atoms with Crippen molar-refractivity contribution in [3.8, 4) is 0 Å². The Balaban J connectivity index is 2.79. The second-order valence-corrected chi connectivity index (χ2v) is 4.27. The largest absolute Gasteiger partial charge is 0.387 e. The van der Waals surface area contributed by atoms with Gasteiger partial charge in [0.05, 0.1) is 5.70 Å². The maximum Gasteiger partial charge on any atom is 0.228 e. The summed E-state index contributed by atoms with van der Waals surface area (Å²) in [6, 6.07) is 0. The van der Waals surface area contributed by atoms with Crippen LogP contribution < -0.4 is 10.6 Å². The van der Waals surface area contributed by atoms with Gasteiger partial charge in [0.15, 0.2) is 0 Å². The van der Waals surface area contributed by atoms with E-state index in [4.69, 9.17) is 0 Å². The fraction of sp³-hybridized carbons (Fsp3) is 0.615. The molecule has 90 valence electrons. The average Bonchev–Trinajstić information content (AvgIpc) is 2.39. The van der Waals surface area contributed by atoms with E-state index in [1.807, 2.05) is 7.05 Å². The van der Waals surface area contributed by atoms with E-state index >= 15 is 0 Å². The summed E-state index contributed by atoms with van der Waals surface area (Å²) < 4.78 is 0. The average molecular weight is 222 g/mol. The number of carbonyl (C=O) groups is 1. The zero-order valence-corrected chi connectivity index (χ0v) is 10.5. The lowest BCUT2D eigenvalue weighted by Gasteiger charge is -2.12. The zero-order chi connectivity index (χ0) is 12.0. The minimum Gasteiger partial charge on any atom is -0.387 e. The van der Waals surface area contributed by atoms with E-state index < -0.39 is 0 Å². The first-order valence-corrected chi connectivity index (χ1v) is 6.05. The molecular formula is C13H22N2O. The van der Waals surface area contributed by atoms with Crippen molar-refractivity contribution in [3.05, 3.63) is 23.0 Å². The smallest absolute Gasteiger partial charge is 0.228 e. The standard InChI is InChI=1S/C13H22N2O/c1-4-5-6-7-11-10(2)8-13(16)15-9-12(11)14-3/h9,14H,4-8H2,1-3H3,(H,15,16). The molecule has 16 heavy (non-hydrogen) atoms. The van der Waals surface area contributed by atoms with Gasteiger partial charge in [-0.25, -0.2) is 0 Å². The van der Waals surface area contributed by atoms with Crippen LogP contribution in [0.4, 0.5) is 0 Å². The normalized spacial score (nSPS) is 16.7. The number of allylic oxidation sites excluding steroid dienone is 1. The Bertz CT molecular complexity index is 316. The molecule has 0 saturated carbocycles. The summed E-state index contributed by atoms with van der Waals surface area (Å²) in [5.74, 6) is 0.0794. The Kier molecular flexibility index (Phi) is 5.09. The molecule has 1 aliphatic rings. The zero-order valence-electron chi connectivity index (χ0n) is 10.5. The number of nitrogens with one attached hydrogen (secondary N) is 2. The summed E-state index contributed by atoms with van der Waals surface area (Å²) >= 11 is 0. The van der Waals surface area contributed by atoms with Crippen molar-refractivity contribution in [2.45, 2.75) is 46.0 Å². The van der Waals surface area contributed by atoms with E-state index in [1.54, 1.807) is 6.20 Å². The van der Waals surface area contributed by atoms with Gasteiger partial charge >= 0.3 is 0 Å². The van der Waals surface area contributed by atoms with Crippen LogP contribution in [0.5, 0.6) is 0 Å². The third-order valence-electron chi connectivity index (χ3n) is 2.94. The Hall–Kier alpha value is -1.25. The summed E-state index contributed by atoms with van der Waals surface area (Å²) in [5, 5.41) is 5.95. The molecule has 0 aromatic carbocycles. The highest BCUT2D eigenvalue weighted by Crippen LogP contribution is 2.23. The molecule has 0 atom stereocenters. The highest BCUT2D eigenvalue weighted by molar-refractivity contribution is 5.80. The molecule has 0 bridgehead atoms. The van der Waals surface area contributed by atoms with Gasteiger partial charge in [-0.1, -0.05) is 25.3 Å². The van der Waals surface area contributed by atoms with Crippen LogP contribution in [0.2, 0.25) is 0 Å². The van der Waals surface area contributed by atoms with Crippen LogP contribution >= 0.6 is 0 Å². The number of hydrogen-bond acceptors (Lipinski definition) is 2. The maximum atomic E-state index is 11.4. The predicted octanol–water partition coefficient (Wildman–Crippen LogP) is 2.46. The van der Waals surface area contributed by atoms with E-state index in [2.05, 4.69) is 24.5 Å². The van der Waals surface area contributed by atoms with Crippen LogP contribution in [0.3, 0.4) is 0 Å². The predicted molar refractivity (Wildman–Crippen MR) is 66.7 cm³/mol. The molecular weight excluding hydrogens is 200 g/mol. The molecule has 0 aromatic rings.